The fourth-order valence-electron chi connectivity index (χ4n) is 2.50. The van der Waals surface area contributed by atoms with E-state index in [4.69, 9.17) is 11.6 Å². The molecule has 0 atom stereocenters. The third kappa shape index (κ3) is 4.78. The number of amides is 2. The molecule has 0 saturated carbocycles. The van der Waals surface area contributed by atoms with Gasteiger partial charge in [0, 0.05) is 32.7 Å². The topological polar surface area (TPSA) is 61.4 Å². The molecule has 12 heteroatoms. The zero-order valence-electron chi connectivity index (χ0n) is 13.8. The second kappa shape index (κ2) is 7.85. The van der Waals surface area contributed by atoms with Gasteiger partial charge in [-0.2, -0.15) is 13.2 Å². The van der Waals surface area contributed by atoms with Gasteiger partial charge in [0.25, 0.3) is 0 Å². The summed E-state index contributed by atoms with van der Waals surface area (Å²) >= 11 is 6.09. The monoisotopic (exact) mass is 423 g/mol. The smallest absolute Gasteiger partial charge is 0.343 e. The largest absolute Gasteiger partial charge is 0.445 e. The average Bonchev–Trinajstić information content (AvgIpc) is 3.13. The Morgan fingerprint density at radius 1 is 1.22 bits per heavy atom. The molecular formula is C15H14ClF4N5OS. The van der Waals surface area contributed by atoms with E-state index in [-0.39, 0.29) is 22.7 Å². The lowest BCUT2D eigenvalue weighted by Crippen LogP contribution is -2.51. The molecular weight excluding hydrogens is 410 g/mol. The summed E-state index contributed by atoms with van der Waals surface area (Å²) in [5.74, 6) is -0.563. The molecule has 3 rings (SSSR count). The quantitative estimate of drug-likeness (QED) is 0.769. The van der Waals surface area contributed by atoms with Gasteiger partial charge in [-0.15, -0.1) is 10.2 Å². The first-order valence-electron chi connectivity index (χ1n) is 7.86. The Bertz CT molecular complexity index is 823. The van der Waals surface area contributed by atoms with Crippen LogP contribution in [-0.4, -0.2) is 47.3 Å². The molecule has 146 valence electrons. The third-order valence-corrected chi connectivity index (χ3v) is 5.26. The predicted molar refractivity (Wildman–Crippen MR) is 92.3 cm³/mol. The third-order valence-electron chi connectivity index (χ3n) is 3.92. The number of halogens is 5. The van der Waals surface area contributed by atoms with Crippen LogP contribution >= 0.6 is 22.9 Å². The highest BCUT2D eigenvalue weighted by atomic mass is 35.5. The lowest BCUT2D eigenvalue weighted by Gasteiger charge is -2.34. The van der Waals surface area contributed by atoms with Crippen molar-refractivity contribution in [3.63, 3.8) is 0 Å². The molecule has 0 bridgehead atoms. The SMILES string of the molecule is O=C(NCc1ccc(Cl)c(F)c1)N1CCN(c2nnc(C(F)(F)F)s2)CC1. The van der Waals surface area contributed by atoms with Crippen LogP contribution in [0, 0.1) is 5.82 Å². The van der Waals surface area contributed by atoms with Crippen LogP contribution in [0.1, 0.15) is 10.6 Å². The average molecular weight is 424 g/mol. The van der Waals surface area contributed by atoms with E-state index in [1.165, 1.54) is 17.0 Å². The molecule has 1 aromatic heterocycles. The Morgan fingerprint density at radius 3 is 2.52 bits per heavy atom. The number of carbonyl (C=O) groups is 1. The van der Waals surface area contributed by atoms with Crippen LogP contribution in [0.4, 0.5) is 27.5 Å². The van der Waals surface area contributed by atoms with Crippen LogP contribution in [0.15, 0.2) is 18.2 Å². The van der Waals surface area contributed by atoms with Gasteiger partial charge in [-0.3, -0.25) is 0 Å². The molecule has 1 saturated heterocycles. The standard InChI is InChI=1S/C15H14ClF4N5OS/c16-10-2-1-9(7-11(10)17)8-21-13(26)24-3-5-25(6-4-24)14-23-22-12(27-14)15(18,19)20/h1-2,7H,3-6,8H2,(H,21,26). The van der Waals surface area contributed by atoms with Crippen molar-refractivity contribution in [2.45, 2.75) is 12.7 Å². The van der Waals surface area contributed by atoms with Crippen LogP contribution in [0.25, 0.3) is 0 Å². The molecule has 0 radical (unpaired) electrons. The van der Waals surface area contributed by atoms with Gasteiger partial charge in [-0.25, -0.2) is 9.18 Å². The summed E-state index contributed by atoms with van der Waals surface area (Å²) < 4.78 is 51.2. The highest BCUT2D eigenvalue weighted by Crippen LogP contribution is 2.34. The van der Waals surface area contributed by atoms with Crippen LogP contribution in [0.2, 0.25) is 5.02 Å². The maximum absolute atomic E-state index is 13.4. The summed E-state index contributed by atoms with van der Waals surface area (Å²) in [5, 5.41) is 8.61. The fraction of sp³-hybridized carbons (Fsp3) is 0.400. The van der Waals surface area contributed by atoms with E-state index in [2.05, 4.69) is 15.5 Å². The van der Waals surface area contributed by atoms with Crippen molar-refractivity contribution in [3.05, 3.63) is 39.6 Å². The molecule has 1 fully saturated rings. The van der Waals surface area contributed by atoms with Gasteiger partial charge in [0.15, 0.2) is 0 Å². The van der Waals surface area contributed by atoms with Crippen LogP contribution in [-0.2, 0) is 12.7 Å². The highest BCUT2D eigenvalue weighted by Gasteiger charge is 2.36. The molecule has 1 aliphatic heterocycles. The van der Waals surface area contributed by atoms with Crippen molar-refractivity contribution in [1.29, 1.82) is 0 Å². The number of benzene rings is 1. The normalized spacial score (nSPS) is 15.1. The molecule has 0 spiro atoms. The molecule has 0 aliphatic carbocycles. The van der Waals surface area contributed by atoms with Crippen molar-refractivity contribution < 1.29 is 22.4 Å². The van der Waals surface area contributed by atoms with Gasteiger partial charge in [0.1, 0.15) is 5.82 Å². The molecule has 2 heterocycles. The van der Waals surface area contributed by atoms with Gasteiger partial charge in [0.05, 0.1) is 5.02 Å². The van der Waals surface area contributed by atoms with E-state index in [0.29, 0.717) is 43.1 Å². The van der Waals surface area contributed by atoms with Crippen LogP contribution < -0.4 is 10.2 Å². The minimum absolute atomic E-state index is 0.00607. The van der Waals surface area contributed by atoms with Crippen LogP contribution in [0.3, 0.4) is 0 Å². The molecule has 1 aromatic carbocycles. The lowest BCUT2D eigenvalue weighted by atomic mass is 10.2. The number of carbonyl (C=O) groups excluding carboxylic acids is 1. The summed E-state index contributed by atoms with van der Waals surface area (Å²) in [7, 11) is 0. The Hall–Kier alpha value is -2.14. The first-order valence-corrected chi connectivity index (χ1v) is 9.06. The minimum Gasteiger partial charge on any atom is -0.343 e. The molecule has 1 aliphatic rings. The number of hydrogen-bond donors (Lipinski definition) is 1. The number of nitrogens with one attached hydrogen (secondary N) is 1. The zero-order chi connectivity index (χ0) is 19.6. The van der Waals surface area contributed by atoms with Gasteiger partial charge >= 0.3 is 12.2 Å². The Kier molecular flexibility index (Phi) is 5.70. The number of anilines is 1. The summed E-state index contributed by atoms with van der Waals surface area (Å²) in [6.07, 6.45) is -4.52. The van der Waals surface area contributed by atoms with E-state index in [1.807, 2.05) is 0 Å². The highest BCUT2D eigenvalue weighted by molar-refractivity contribution is 7.15. The van der Waals surface area contributed by atoms with Gasteiger partial charge in [-0.05, 0) is 17.7 Å². The number of aromatic nitrogens is 2. The first-order chi connectivity index (χ1) is 12.7. The molecule has 2 amide bonds. The van der Waals surface area contributed by atoms with E-state index in [1.54, 1.807) is 11.0 Å². The zero-order valence-corrected chi connectivity index (χ0v) is 15.3. The second-order valence-electron chi connectivity index (χ2n) is 5.77. The summed E-state index contributed by atoms with van der Waals surface area (Å²) in [6.45, 7) is 1.47. The molecule has 1 N–H and O–H groups in total. The molecule has 27 heavy (non-hydrogen) atoms. The van der Waals surface area contributed by atoms with E-state index in [0.717, 1.165) is 0 Å². The number of urea groups is 1. The second-order valence-corrected chi connectivity index (χ2v) is 7.13. The predicted octanol–water partition coefficient (Wildman–Crippen LogP) is 3.38. The van der Waals surface area contributed by atoms with Gasteiger partial charge in [0.2, 0.25) is 10.1 Å². The Morgan fingerprint density at radius 2 is 1.93 bits per heavy atom. The number of piperazine rings is 1. The number of alkyl halides is 3. The van der Waals surface area contributed by atoms with Crippen molar-refractivity contribution in [1.82, 2.24) is 20.4 Å². The minimum atomic E-state index is -4.52. The number of nitrogens with zero attached hydrogens (tertiary/aromatic N) is 4. The van der Waals surface area contributed by atoms with Gasteiger partial charge < -0.3 is 15.1 Å². The lowest BCUT2D eigenvalue weighted by molar-refractivity contribution is -0.138. The molecule has 6 nitrogen and oxygen atoms in total. The fourth-order valence-corrected chi connectivity index (χ4v) is 3.38. The Balaban J connectivity index is 1.50. The van der Waals surface area contributed by atoms with E-state index < -0.39 is 17.0 Å². The maximum Gasteiger partial charge on any atom is 0.445 e. The van der Waals surface area contributed by atoms with Crippen molar-refractivity contribution in [2.75, 3.05) is 31.1 Å². The van der Waals surface area contributed by atoms with Crippen molar-refractivity contribution in [3.8, 4) is 0 Å². The Labute approximate surface area is 160 Å². The molecule has 0 unspecified atom stereocenters. The van der Waals surface area contributed by atoms with Crippen molar-refractivity contribution in [2.24, 2.45) is 0 Å². The van der Waals surface area contributed by atoms with E-state index in [9.17, 15) is 22.4 Å². The van der Waals surface area contributed by atoms with Gasteiger partial charge in [-0.1, -0.05) is 29.0 Å². The van der Waals surface area contributed by atoms with Crippen LogP contribution in [0.5, 0.6) is 0 Å². The summed E-state index contributed by atoms with van der Waals surface area (Å²) in [5.41, 5.74) is 0.567. The van der Waals surface area contributed by atoms with E-state index >= 15 is 0 Å². The summed E-state index contributed by atoms with van der Waals surface area (Å²) in [4.78, 5) is 15.4. The summed E-state index contributed by atoms with van der Waals surface area (Å²) in [6, 6.07) is 3.93. The number of hydrogen-bond acceptors (Lipinski definition) is 5. The first kappa shape index (κ1) is 19.6. The maximum atomic E-state index is 13.4. The van der Waals surface area contributed by atoms with Crippen molar-refractivity contribution >= 4 is 34.1 Å². The number of rotatable bonds is 3. The molecule has 2 aromatic rings.